The van der Waals surface area contributed by atoms with Crippen LogP contribution in [-0.4, -0.2) is 29.8 Å². The van der Waals surface area contributed by atoms with Crippen LogP contribution in [0.1, 0.15) is 37.6 Å². The summed E-state index contributed by atoms with van der Waals surface area (Å²) in [4.78, 5) is 12.3. The van der Waals surface area contributed by atoms with Crippen molar-refractivity contribution in [3.63, 3.8) is 0 Å². The van der Waals surface area contributed by atoms with Crippen LogP contribution in [0.3, 0.4) is 0 Å². The zero-order chi connectivity index (χ0) is 14.5. The summed E-state index contributed by atoms with van der Waals surface area (Å²) < 4.78 is 5.42. The van der Waals surface area contributed by atoms with Crippen LogP contribution in [0, 0.1) is 0 Å². The lowest BCUT2D eigenvalue weighted by Crippen LogP contribution is -2.44. The molecule has 0 saturated heterocycles. The summed E-state index contributed by atoms with van der Waals surface area (Å²) >= 11 is 0. The number of hydrogen-bond donors (Lipinski definition) is 3. The fourth-order valence-electron chi connectivity index (χ4n) is 1.78. The Morgan fingerprint density at radius 2 is 2.16 bits per heavy atom. The molecular formula is C14H22N2O3. The van der Waals surface area contributed by atoms with E-state index in [2.05, 4.69) is 5.32 Å². The Morgan fingerprint density at radius 1 is 1.47 bits per heavy atom. The van der Waals surface area contributed by atoms with Gasteiger partial charge in [-0.05, 0) is 39.3 Å². The lowest BCUT2D eigenvalue weighted by Gasteiger charge is -2.26. The van der Waals surface area contributed by atoms with Gasteiger partial charge in [-0.1, -0.05) is 6.07 Å². The highest BCUT2D eigenvalue weighted by Gasteiger charge is 2.24. The maximum atomic E-state index is 12.3. The molecule has 0 aromatic heterocycles. The quantitative estimate of drug-likeness (QED) is 0.682. The maximum Gasteiger partial charge on any atom is 0.257 e. The molecule has 0 heterocycles. The Hall–Kier alpha value is -1.75. The van der Waals surface area contributed by atoms with Gasteiger partial charge in [0.2, 0.25) is 0 Å². The van der Waals surface area contributed by atoms with Crippen molar-refractivity contribution >= 4 is 11.6 Å². The molecule has 0 atom stereocenters. The van der Waals surface area contributed by atoms with Gasteiger partial charge in [0.15, 0.2) is 0 Å². The minimum Gasteiger partial charge on any atom is -0.493 e. The standard InChI is InChI=1S/C14H22N2O3/c1-4-19-11-7-5-6-10(15)12(11)13(18)16-14(2,3)8-9-17/h5-7,17H,4,8-9,15H2,1-3H3,(H,16,18). The Bertz CT molecular complexity index is 444. The third kappa shape index (κ3) is 4.13. The number of anilines is 1. The third-order valence-corrected chi connectivity index (χ3v) is 2.77. The summed E-state index contributed by atoms with van der Waals surface area (Å²) in [5.41, 5.74) is 6.07. The second-order valence-electron chi connectivity index (χ2n) is 4.97. The molecule has 0 aliphatic rings. The van der Waals surface area contributed by atoms with E-state index in [0.717, 1.165) is 0 Å². The number of amides is 1. The number of ether oxygens (including phenoxy) is 1. The van der Waals surface area contributed by atoms with E-state index in [-0.39, 0.29) is 12.5 Å². The second-order valence-corrected chi connectivity index (χ2v) is 4.97. The molecule has 5 nitrogen and oxygen atoms in total. The first-order valence-corrected chi connectivity index (χ1v) is 6.36. The molecule has 1 aromatic rings. The molecule has 1 amide bonds. The smallest absolute Gasteiger partial charge is 0.257 e. The van der Waals surface area contributed by atoms with Crippen LogP contribution in [-0.2, 0) is 0 Å². The molecule has 5 heteroatoms. The highest BCUT2D eigenvalue weighted by atomic mass is 16.5. The van der Waals surface area contributed by atoms with E-state index in [1.807, 2.05) is 20.8 Å². The van der Waals surface area contributed by atoms with Gasteiger partial charge in [-0.25, -0.2) is 0 Å². The van der Waals surface area contributed by atoms with E-state index >= 15 is 0 Å². The Balaban J connectivity index is 2.99. The van der Waals surface area contributed by atoms with Crippen molar-refractivity contribution < 1.29 is 14.6 Å². The van der Waals surface area contributed by atoms with Gasteiger partial charge in [-0.3, -0.25) is 4.79 Å². The molecule has 0 bridgehead atoms. The minimum absolute atomic E-state index is 0.00979. The van der Waals surface area contributed by atoms with Crippen LogP contribution in [0.15, 0.2) is 18.2 Å². The highest BCUT2D eigenvalue weighted by Crippen LogP contribution is 2.25. The molecular weight excluding hydrogens is 244 g/mol. The molecule has 0 spiro atoms. The number of nitrogen functional groups attached to an aromatic ring is 1. The largest absolute Gasteiger partial charge is 0.493 e. The Morgan fingerprint density at radius 3 is 2.74 bits per heavy atom. The maximum absolute atomic E-state index is 12.3. The van der Waals surface area contributed by atoms with Gasteiger partial charge < -0.3 is 20.9 Å². The average Bonchev–Trinajstić information content (AvgIpc) is 2.28. The molecule has 1 rings (SSSR count). The number of carbonyl (C=O) groups excluding carboxylic acids is 1. The molecule has 1 aromatic carbocycles. The van der Waals surface area contributed by atoms with E-state index in [0.29, 0.717) is 30.0 Å². The number of nitrogens with one attached hydrogen (secondary N) is 1. The van der Waals surface area contributed by atoms with Crippen LogP contribution in [0.2, 0.25) is 0 Å². The summed E-state index contributed by atoms with van der Waals surface area (Å²) in [6.07, 6.45) is 0.468. The van der Waals surface area contributed by atoms with Crippen molar-refractivity contribution in [1.82, 2.24) is 5.32 Å². The summed E-state index contributed by atoms with van der Waals surface area (Å²) in [5, 5.41) is 11.8. The summed E-state index contributed by atoms with van der Waals surface area (Å²) in [5.74, 6) is 0.180. The predicted molar refractivity (Wildman–Crippen MR) is 75.3 cm³/mol. The number of rotatable bonds is 6. The van der Waals surface area contributed by atoms with Crippen LogP contribution in [0.25, 0.3) is 0 Å². The molecule has 0 aliphatic carbocycles. The number of hydrogen-bond acceptors (Lipinski definition) is 4. The van der Waals surface area contributed by atoms with Crippen molar-refractivity contribution in [2.75, 3.05) is 18.9 Å². The van der Waals surface area contributed by atoms with Crippen molar-refractivity contribution in [1.29, 1.82) is 0 Å². The first kappa shape index (κ1) is 15.3. The van der Waals surface area contributed by atoms with Crippen LogP contribution >= 0.6 is 0 Å². The first-order chi connectivity index (χ1) is 8.91. The minimum atomic E-state index is -0.502. The fraction of sp³-hybridized carbons (Fsp3) is 0.500. The molecule has 19 heavy (non-hydrogen) atoms. The number of aliphatic hydroxyl groups is 1. The molecule has 106 valence electrons. The molecule has 0 aliphatic heterocycles. The number of aliphatic hydroxyl groups excluding tert-OH is 1. The Labute approximate surface area is 113 Å². The zero-order valence-corrected chi connectivity index (χ0v) is 11.7. The van der Waals surface area contributed by atoms with Gasteiger partial charge in [0.25, 0.3) is 5.91 Å². The topological polar surface area (TPSA) is 84.6 Å². The summed E-state index contributed by atoms with van der Waals surface area (Å²) in [6.45, 7) is 6.02. The lowest BCUT2D eigenvalue weighted by molar-refractivity contribution is 0.0897. The van der Waals surface area contributed by atoms with Crippen LogP contribution in [0.5, 0.6) is 5.75 Å². The second kappa shape index (κ2) is 6.43. The van der Waals surface area contributed by atoms with Gasteiger partial charge in [0.05, 0.1) is 6.61 Å². The number of benzene rings is 1. The van der Waals surface area contributed by atoms with Crippen molar-refractivity contribution in [3.05, 3.63) is 23.8 Å². The SMILES string of the molecule is CCOc1cccc(N)c1C(=O)NC(C)(C)CCO. The Kier molecular flexibility index (Phi) is 5.18. The third-order valence-electron chi connectivity index (χ3n) is 2.77. The van der Waals surface area contributed by atoms with Gasteiger partial charge in [0.1, 0.15) is 11.3 Å². The molecule has 4 N–H and O–H groups in total. The van der Waals surface area contributed by atoms with Crippen molar-refractivity contribution in [3.8, 4) is 5.75 Å². The molecule has 0 unspecified atom stereocenters. The van der Waals surface area contributed by atoms with E-state index in [1.165, 1.54) is 0 Å². The number of carbonyl (C=O) groups is 1. The number of nitrogens with two attached hydrogens (primary N) is 1. The van der Waals surface area contributed by atoms with Gasteiger partial charge in [-0.15, -0.1) is 0 Å². The summed E-state index contributed by atoms with van der Waals surface area (Å²) in [7, 11) is 0. The van der Waals surface area contributed by atoms with Crippen LogP contribution in [0.4, 0.5) is 5.69 Å². The average molecular weight is 266 g/mol. The van der Waals surface area contributed by atoms with E-state index in [4.69, 9.17) is 15.6 Å². The lowest BCUT2D eigenvalue weighted by atomic mass is 10.00. The predicted octanol–water partition coefficient (Wildman–Crippen LogP) is 1.56. The zero-order valence-electron chi connectivity index (χ0n) is 11.7. The normalized spacial score (nSPS) is 11.2. The molecule has 0 saturated carbocycles. The highest BCUT2D eigenvalue weighted by molar-refractivity contribution is 6.02. The monoisotopic (exact) mass is 266 g/mol. The fourth-order valence-corrected chi connectivity index (χ4v) is 1.78. The van der Waals surface area contributed by atoms with E-state index < -0.39 is 5.54 Å². The van der Waals surface area contributed by atoms with E-state index in [1.54, 1.807) is 18.2 Å². The summed E-state index contributed by atoms with van der Waals surface area (Å²) in [6, 6.07) is 5.13. The van der Waals surface area contributed by atoms with Gasteiger partial charge >= 0.3 is 0 Å². The van der Waals surface area contributed by atoms with Crippen molar-refractivity contribution in [2.45, 2.75) is 32.7 Å². The molecule has 0 fully saturated rings. The van der Waals surface area contributed by atoms with E-state index in [9.17, 15) is 4.79 Å². The first-order valence-electron chi connectivity index (χ1n) is 6.36. The van der Waals surface area contributed by atoms with Gasteiger partial charge in [0, 0.05) is 17.8 Å². The molecule has 0 radical (unpaired) electrons. The van der Waals surface area contributed by atoms with Crippen molar-refractivity contribution in [2.24, 2.45) is 0 Å². The van der Waals surface area contributed by atoms with Gasteiger partial charge in [-0.2, -0.15) is 0 Å². The van der Waals surface area contributed by atoms with Crippen LogP contribution < -0.4 is 15.8 Å².